The van der Waals surface area contributed by atoms with Gasteiger partial charge in [-0.25, -0.2) is 4.79 Å². The molecule has 0 heterocycles. The molecule has 1 aromatic rings. The molecule has 11 heteroatoms. The van der Waals surface area contributed by atoms with Gasteiger partial charge in [0.2, 0.25) is 17.7 Å². The highest BCUT2D eigenvalue weighted by Gasteiger charge is 2.30. The van der Waals surface area contributed by atoms with E-state index in [2.05, 4.69) is 21.3 Å². The second-order valence-electron chi connectivity index (χ2n) is 9.04. The van der Waals surface area contributed by atoms with Crippen LogP contribution in [0.4, 0.5) is 10.5 Å². The Morgan fingerprint density at radius 1 is 0.886 bits per heavy atom. The predicted molar refractivity (Wildman–Crippen MR) is 132 cm³/mol. The van der Waals surface area contributed by atoms with Crippen LogP contribution in [0.2, 0.25) is 0 Å². The first-order chi connectivity index (χ1) is 16.4. The molecular formula is C24H39N5O6. The van der Waals surface area contributed by atoms with Crippen molar-refractivity contribution in [3.63, 3.8) is 0 Å². The number of hydrogen-bond acceptors (Lipinski definition) is 6. The molecule has 0 aromatic heterocycles. The molecule has 3 atom stereocenters. The van der Waals surface area contributed by atoms with E-state index in [1.807, 2.05) is 19.1 Å². The summed E-state index contributed by atoms with van der Waals surface area (Å²) in [4.78, 5) is 49.5. The van der Waals surface area contributed by atoms with Crippen LogP contribution in [0.15, 0.2) is 24.3 Å². The maximum Gasteiger partial charge on any atom is 0.312 e. The van der Waals surface area contributed by atoms with Gasteiger partial charge in [0, 0.05) is 18.2 Å². The Morgan fingerprint density at radius 3 is 2.06 bits per heavy atom. The van der Waals surface area contributed by atoms with Crippen molar-refractivity contribution in [3.05, 3.63) is 29.8 Å². The molecule has 1 rings (SSSR count). The number of aliphatic hydroxyl groups excluding tert-OH is 1. The van der Waals surface area contributed by atoms with Crippen molar-refractivity contribution >= 4 is 29.4 Å². The van der Waals surface area contributed by atoms with Gasteiger partial charge >= 0.3 is 6.03 Å². The highest BCUT2D eigenvalue weighted by atomic mass is 16.5. The van der Waals surface area contributed by atoms with Crippen molar-refractivity contribution in [1.29, 1.82) is 0 Å². The van der Waals surface area contributed by atoms with Gasteiger partial charge in [0.1, 0.15) is 12.1 Å². The topological polar surface area (TPSA) is 183 Å². The van der Waals surface area contributed by atoms with Gasteiger partial charge in [-0.15, -0.1) is 0 Å². The minimum absolute atomic E-state index is 0.0354. The van der Waals surface area contributed by atoms with Crippen molar-refractivity contribution in [3.8, 4) is 0 Å². The fourth-order valence-electron chi connectivity index (χ4n) is 3.28. The monoisotopic (exact) mass is 493 g/mol. The number of rotatable bonds is 14. The maximum absolute atomic E-state index is 13.1. The molecule has 11 nitrogen and oxygen atoms in total. The molecule has 0 spiro atoms. The summed E-state index contributed by atoms with van der Waals surface area (Å²) in [5.41, 5.74) is 6.68. The summed E-state index contributed by atoms with van der Waals surface area (Å²) >= 11 is 0. The van der Waals surface area contributed by atoms with E-state index < -0.39 is 48.0 Å². The average molecular weight is 494 g/mol. The van der Waals surface area contributed by atoms with Gasteiger partial charge < -0.3 is 37.2 Å². The number of hydrogen-bond donors (Lipinski definition) is 7. The molecule has 35 heavy (non-hydrogen) atoms. The molecule has 196 valence electrons. The standard InChI is InChI=1S/C24H39N5O6/c1-14(2)20(29-21(32)16(4)9-12-19(30)31)23(34)28-18(6-5-13-26-24(25)35)22(33)27-17-10-7-15(3)8-11-17/h7-8,10-11,14,16,18-20,30-31H,5-6,9,12-13H2,1-4H3,(H,27,33)(H,28,34)(H,29,32)(H3,25,26,35). The summed E-state index contributed by atoms with van der Waals surface area (Å²) in [7, 11) is 0. The van der Waals surface area contributed by atoms with Gasteiger partial charge in [0.15, 0.2) is 6.29 Å². The van der Waals surface area contributed by atoms with Crippen molar-refractivity contribution in [2.45, 2.75) is 71.8 Å². The van der Waals surface area contributed by atoms with Crippen LogP contribution in [-0.2, 0) is 14.4 Å². The van der Waals surface area contributed by atoms with Gasteiger partial charge in [0.05, 0.1) is 0 Å². The van der Waals surface area contributed by atoms with Gasteiger partial charge in [-0.2, -0.15) is 0 Å². The summed E-state index contributed by atoms with van der Waals surface area (Å²) < 4.78 is 0. The SMILES string of the molecule is Cc1ccc(NC(=O)C(CCCNC(N)=O)NC(=O)C(NC(=O)C(C)CCC(O)O)C(C)C)cc1. The van der Waals surface area contributed by atoms with Crippen LogP contribution in [0.25, 0.3) is 0 Å². The number of aryl methyl sites for hydroxylation is 1. The highest BCUT2D eigenvalue weighted by Crippen LogP contribution is 2.13. The third kappa shape index (κ3) is 11.7. The molecular weight excluding hydrogens is 454 g/mol. The third-order valence-electron chi connectivity index (χ3n) is 5.47. The summed E-state index contributed by atoms with van der Waals surface area (Å²) in [5.74, 6) is -2.15. The normalized spacial score (nSPS) is 13.6. The number of aliphatic hydroxyl groups is 2. The van der Waals surface area contributed by atoms with Crippen LogP contribution < -0.4 is 27.0 Å². The van der Waals surface area contributed by atoms with Gasteiger partial charge in [-0.05, 0) is 50.7 Å². The lowest BCUT2D eigenvalue weighted by Crippen LogP contribution is -2.55. The minimum Gasteiger partial charge on any atom is -0.368 e. The first kappa shape index (κ1) is 29.9. The fourth-order valence-corrected chi connectivity index (χ4v) is 3.28. The van der Waals surface area contributed by atoms with Crippen LogP contribution in [0.1, 0.15) is 52.0 Å². The molecule has 8 N–H and O–H groups in total. The van der Waals surface area contributed by atoms with E-state index in [4.69, 9.17) is 15.9 Å². The second-order valence-corrected chi connectivity index (χ2v) is 9.04. The first-order valence-electron chi connectivity index (χ1n) is 11.8. The van der Waals surface area contributed by atoms with Crippen LogP contribution in [0.3, 0.4) is 0 Å². The van der Waals surface area contributed by atoms with E-state index in [1.54, 1.807) is 32.9 Å². The average Bonchev–Trinajstić information content (AvgIpc) is 2.78. The molecule has 0 saturated carbocycles. The summed E-state index contributed by atoms with van der Waals surface area (Å²) in [6, 6.07) is 4.70. The molecule has 0 bridgehead atoms. The third-order valence-corrected chi connectivity index (χ3v) is 5.47. The Bertz CT molecular complexity index is 843. The molecule has 0 saturated heterocycles. The molecule has 0 aliphatic heterocycles. The number of carbonyl (C=O) groups excluding carboxylic acids is 4. The fraction of sp³-hybridized carbons (Fsp3) is 0.583. The molecule has 5 amide bonds. The Kier molecular flexibility index (Phi) is 12.7. The van der Waals surface area contributed by atoms with Gasteiger partial charge in [-0.3, -0.25) is 14.4 Å². The van der Waals surface area contributed by atoms with E-state index in [1.165, 1.54) is 0 Å². The quantitative estimate of drug-likeness (QED) is 0.148. The maximum atomic E-state index is 13.1. The van der Waals surface area contributed by atoms with Crippen LogP contribution in [-0.4, -0.2) is 58.9 Å². The van der Waals surface area contributed by atoms with Crippen LogP contribution in [0, 0.1) is 18.8 Å². The lowest BCUT2D eigenvalue weighted by atomic mass is 9.99. The molecule has 0 fully saturated rings. The van der Waals surface area contributed by atoms with E-state index in [0.717, 1.165) is 5.56 Å². The number of nitrogens with two attached hydrogens (primary N) is 1. The van der Waals surface area contributed by atoms with E-state index >= 15 is 0 Å². The molecule has 0 radical (unpaired) electrons. The molecule has 0 aliphatic carbocycles. The Balaban J connectivity index is 2.89. The van der Waals surface area contributed by atoms with Crippen molar-refractivity contribution < 1.29 is 29.4 Å². The largest absolute Gasteiger partial charge is 0.368 e. The Hall–Kier alpha value is -3.18. The number of primary amides is 1. The number of carbonyl (C=O) groups is 4. The molecule has 1 aromatic carbocycles. The molecule has 0 aliphatic rings. The predicted octanol–water partition coefficient (Wildman–Crippen LogP) is 0.735. The lowest BCUT2D eigenvalue weighted by molar-refractivity contribution is -0.133. The summed E-state index contributed by atoms with van der Waals surface area (Å²) in [6.07, 6.45) is -0.619. The summed E-state index contributed by atoms with van der Waals surface area (Å²) in [6.45, 7) is 7.33. The Morgan fingerprint density at radius 2 is 1.51 bits per heavy atom. The number of urea groups is 1. The van der Waals surface area contributed by atoms with Crippen molar-refractivity contribution in [2.75, 3.05) is 11.9 Å². The number of nitrogens with one attached hydrogen (secondary N) is 4. The zero-order valence-corrected chi connectivity index (χ0v) is 20.8. The zero-order chi connectivity index (χ0) is 26.5. The Labute approximate surface area is 206 Å². The second kappa shape index (κ2) is 14.9. The highest BCUT2D eigenvalue weighted by molar-refractivity contribution is 5.98. The first-order valence-corrected chi connectivity index (χ1v) is 11.8. The van der Waals surface area contributed by atoms with Crippen LogP contribution in [0.5, 0.6) is 0 Å². The van der Waals surface area contributed by atoms with E-state index in [-0.39, 0.29) is 31.7 Å². The van der Waals surface area contributed by atoms with E-state index in [9.17, 15) is 19.2 Å². The van der Waals surface area contributed by atoms with E-state index in [0.29, 0.717) is 12.1 Å². The molecule has 3 unspecified atom stereocenters. The van der Waals surface area contributed by atoms with Crippen molar-refractivity contribution in [2.24, 2.45) is 17.6 Å². The smallest absolute Gasteiger partial charge is 0.312 e. The minimum atomic E-state index is -1.51. The summed E-state index contributed by atoms with van der Waals surface area (Å²) in [5, 5.41) is 28.7. The van der Waals surface area contributed by atoms with Gasteiger partial charge in [-0.1, -0.05) is 38.5 Å². The number of benzene rings is 1. The van der Waals surface area contributed by atoms with Gasteiger partial charge in [0.25, 0.3) is 0 Å². The number of anilines is 1. The van der Waals surface area contributed by atoms with Crippen molar-refractivity contribution in [1.82, 2.24) is 16.0 Å². The zero-order valence-electron chi connectivity index (χ0n) is 20.8. The number of amides is 5. The van der Waals surface area contributed by atoms with Crippen LogP contribution >= 0.6 is 0 Å². The lowest BCUT2D eigenvalue weighted by Gasteiger charge is -2.26.